The van der Waals surface area contributed by atoms with Gasteiger partial charge in [-0.15, -0.1) is 5.11 Å². The number of fused-ring (bicyclic) bond motifs is 1. The van der Waals surface area contributed by atoms with Crippen LogP contribution < -0.4 is 69.1 Å². The van der Waals surface area contributed by atoms with Crippen LogP contribution >= 0.6 is 12.0 Å². The van der Waals surface area contributed by atoms with Gasteiger partial charge in [-0.2, -0.15) is 19.7 Å². The van der Waals surface area contributed by atoms with Crippen LogP contribution in [0.1, 0.15) is 0 Å². The molecule has 0 aliphatic heterocycles. The van der Waals surface area contributed by atoms with Gasteiger partial charge in [0.05, 0.1) is 34.0 Å². The molecule has 5 aromatic rings. The van der Waals surface area contributed by atoms with Crippen molar-refractivity contribution < 1.29 is 96.6 Å². The van der Waals surface area contributed by atoms with E-state index in [0.29, 0.717) is 34.9 Å². The summed E-state index contributed by atoms with van der Waals surface area (Å²) in [6.45, 7) is 0. The van der Waals surface area contributed by atoms with Gasteiger partial charge < -0.3 is 19.7 Å². The molecule has 0 saturated carbocycles. The van der Waals surface area contributed by atoms with Crippen molar-refractivity contribution in [3.8, 4) is 35.2 Å². The van der Waals surface area contributed by atoms with E-state index in [1.807, 2.05) is 36.4 Å². The molecule has 46 heavy (non-hydrogen) atoms. The van der Waals surface area contributed by atoms with Crippen molar-refractivity contribution in [1.82, 2.24) is 0 Å². The van der Waals surface area contributed by atoms with Crippen LogP contribution in [-0.2, 0) is 19.5 Å². The molecule has 0 unspecified atom stereocenters. The number of ether oxygens (including phenoxy) is 1. The SMILES string of the molecule is C#COc1ccc(N=Nc2ccc(-c3ccc(N=Nc4c(O)ccc5cc(S(=O)(=O)[O-])cc(SOO[O-])c45)cc3)cc2)cc1.[Na+].[Na+]. The molecule has 0 radical (unpaired) electrons. The number of terminal acetylenes is 1. The Morgan fingerprint density at radius 2 is 1.28 bits per heavy atom. The van der Waals surface area contributed by atoms with E-state index >= 15 is 0 Å². The maximum absolute atomic E-state index is 11.6. The van der Waals surface area contributed by atoms with Crippen molar-refractivity contribution in [2.75, 3.05) is 0 Å². The normalized spacial score (nSPS) is 11.2. The summed E-state index contributed by atoms with van der Waals surface area (Å²) in [5.74, 6) is 0.253. The van der Waals surface area contributed by atoms with Gasteiger partial charge in [0.1, 0.15) is 33.4 Å². The molecule has 0 fully saturated rings. The Hall–Kier alpha value is -3.14. The molecule has 0 bridgehead atoms. The minimum absolute atomic E-state index is 0. The first-order chi connectivity index (χ1) is 21.2. The summed E-state index contributed by atoms with van der Waals surface area (Å²) >= 11 is 0.355. The number of azo groups is 2. The number of benzene rings is 5. The maximum Gasteiger partial charge on any atom is 1.00 e. The van der Waals surface area contributed by atoms with E-state index in [2.05, 4.69) is 35.9 Å². The molecule has 0 heterocycles. The third-order valence-corrected chi connectivity index (χ3v) is 7.51. The molecular weight excluding hydrogens is 654 g/mol. The zero-order valence-electron chi connectivity index (χ0n) is 24.2. The van der Waals surface area contributed by atoms with Crippen LogP contribution in [0.4, 0.5) is 22.7 Å². The van der Waals surface area contributed by atoms with E-state index < -0.39 is 15.0 Å². The van der Waals surface area contributed by atoms with Crippen molar-refractivity contribution in [3.63, 3.8) is 0 Å². The van der Waals surface area contributed by atoms with Crippen molar-refractivity contribution in [1.29, 1.82) is 0 Å². The standard InChI is InChI=1S/C30H20N4O8S2.2Na/c1-2-40-25-14-12-24(13-15-25)32-31-22-8-3-19(4-9-22)20-5-10-23(11-6-20)33-34-30-27(35)16-7-21-17-26(44(37,38)39)18-28(29(21)30)43-42-41-36;;/h1,3-18,35-36H,(H,37,38,39);;/q;2*+1/p-2. The second kappa shape index (κ2) is 17.1. The second-order valence-corrected chi connectivity index (χ2v) is 11.0. The molecule has 0 amide bonds. The van der Waals surface area contributed by atoms with Gasteiger partial charge in [-0.05, 0) is 83.2 Å². The van der Waals surface area contributed by atoms with Crippen molar-refractivity contribution >= 4 is 55.7 Å². The molecule has 0 aromatic heterocycles. The van der Waals surface area contributed by atoms with Crippen LogP contribution in [0.2, 0.25) is 0 Å². The van der Waals surface area contributed by atoms with Crippen LogP contribution in [0.15, 0.2) is 127 Å². The van der Waals surface area contributed by atoms with Gasteiger partial charge in [-0.3, -0.25) is 5.04 Å². The smallest absolute Gasteiger partial charge is 0.744 e. The predicted molar refractivity (Wildman–Crippen MR) is 158 cm³/mol. The van der Waals surface area contributed by atoms with Crippen LogP contribution in [-0.4, -0.2) is 18.1 Å². The van der Waals surface area contributed by atoms with Crippen molar-refractivity contribution in [2.24, 2.45) is 20.5 Å². The summed E-state index contributed by atoms with van der Waals surface area (Å²) in [6.07, 6.45) is 7.22. The second-order valence-electron chi connectivity index (χ2n) is 8.83. The molecule has 220 valence electrons. The van der Waals surface area contributed by atoms with E-state index in [0.717, 1.165) is 23.3 Å². The average Bonchev–Trinajstić information content (AvgIpc) is 3.03. The third-order valence-electron chi connectivity index (χ3n) is 6.07. The quantitative estimate of drug-likeness (QED) is 0.0434. The largest absolute Gasteiger partial charge is 1.00 e. The summed E-state index contributed by atoms with van der Waals surface area (Å²) in [7, 11) is -4.84. The molecule has 16 heteroatoms. The number of hydrogen-bond acceptors (Lipinski definition) is 13. The summed E-state index contributed by atoms with van der Waals surface area (Å²) < 4.78 is 44.2. The molecule has 5 aromatic carbocycles. The predicted octanol–water partition coefficient (Wildman–Crippen LogP) is 1.16. The number of phenolic OH excluding ortho intramolecular Hbond substituents is 1. The summed E-state index contributed by atoms with van der Waals surface area (Å²) in [4.78, 5) is -0.576. The molecule has 0 aliphatic carbocycles. The molecule has 0 atom stereocenters. The van der Waals surface area contributed by atoms with E-state index in [-0.39, 0.29) is 86.2 Å². The summed E-state index contributed by atoms with van der Waals surface area (Å²) in [6, 6.07) is 26.2. The Morgan fingerprint density at radius 1 is 0.761 bits per heavy atom. The Kier molecular flexibility index (Phi) is 13.9. The van der Waals surface area contributed by atoms with Crippen LogP contribution in [0.25, 0.3) is 21.9 Å². The van der Waals surface area contributed by atoms with Crippen molar-refractivity contribution in [2.45, 2.75) is 9.79 Å². The van der Waals surface area contributed by atoms with Crippen LogP contribution in [0, 0.1) is 12.5 Å². The molecule has 5 rings (SSSR count). The number of rotatable bonds is 10. The summed E-state index contributed by atoms with van der Waals surface area (Å²) in [5.41, 5.74) is 3.51. The molecule has 0 saturated heterocycles. The fraction of sp³-hybridized carbons (Fsp3) is 0. The van der Waals surface area contributed by atoms with E-state index in [1.165, 1.54) is 12.1 Å². The molecule has 0 aliphatic rings. The first-order valence-electron chi connectivity index (χ1n) is 12.4. The van der Waals surface area contributed by atoms with Gasteiger partial charge in [-0.25, -0.2) is 8.42 Å². The molecule has 12 nitrogen and oxygen atoms in total. The number of aromatic hydroxyl groups is 1. The van der Waals surface area contributed by atoms with E-state index in [4.69, 9.17) is 11.2 Å². The van der Waals surface area contributed by atoms with Gasteiger partial charge in [-0.1, -0.05) is 36.8 Å². The van der Waals surface area contributed by atoms with Gasteiger partial charge in [0.2, 0.25) is 0 Å². The van der Waals surface area contributed by atoms with Crippen molar-refractivity contribution in [3.05, 3.63) is 97.1 Å². The zero-order valence-corrected chi connectivity index (χ0v) is 29.9. The molecular formula is C30H18N4Na2O8S2. The molecule has 1 N–H and O–H groups in total. The average molecular weight is 673 g/mol. The van der Waals surface area contributed by atoms with Crippen LogP contribution in [0.3, 0.4) is 0 Å². The fourth-order valence-corrected chi connectivity index (χ4v) is 5.23. The Bertz CT molecular complexity index is 2020. The van der Waals surface area contributed by atoms with Crippen LogP contribution in [0.5, 0.6) is 11.5 Å². The van der Waals surface area contributed by atoms with E-state index in [1.54, 1.807) is 36.4 Å². The topological polar surface area (TPSA) is 178 Å². The van der Waals surface area contributed by atoms with E-state index in [9.17, 15) is 23.3 Å². The Morgan fingerprint density at radius 3 is 1.78 bits per heavy atom. The Labute approximate surface area is 311 Å². The fourth-order valence-electron chi connectivity index (χ4n) is 4.05. The van der Waals surface area contributed by atoms with Gasteiger partial charge in [0.15, 0.2) is 0 Å². The monoisotopic (exact) mass is 672 g/mol. The molecule has 0 spiro atoms. The number of nitrogens with zero attached hydrogens (tertiary/aromatic N) is 4. The minimum atomic E-state index is -4.84. The Balaban J connectivity index is 0.00000288. The zero-order chi connectivity index (χ0) is 31.1. The first kappa shape index (κ1) is 37.3. The number of hydrogen-bond donors (Lipinski definition) is 1. The van der Waals surface area contributed by atoms with Gasteiger partial charge in [0, 0.05) is 10.3 Å². The van der Waals surface area contributed by atoms with Gasteiger partial charge >= 0.3 is 59.1 Å². The number of phenols is 1. The van der Waals surface area contributed by atoms with Gasteiger partial charge in [0.25, 0.3) is 0 Å². The maximum atomic E-state index is 11.6. The summed E-state index contributed by atoms with van der Waals surface area (Å²) in [5, 5.41) is 41.5. The minimum Gasteiger partial charge on any atom is -0.744 e. The first-order valence-corrected chi connectivity index (χ1v) is 14.6. The third kappa shape index (κ3) is 9.46.